The molecule has 4 nitrogen and oxygen atoms in total. The summed E-state index contributed by atoms with van der Waals surface area (Å²) in [5, 5.41) is 9.37. The van der Waals surface area contributed by atoms with Crippen molar-refractivity contribution in [1.29, 1.82) is 5.26 Å². The summed E-state index contributed by atoms with van der Waals surface area (Å²) in [6.45, 7) is 2.78. The lowest BCUT2D eigenvalue weighted by Crippen LogP contribution is -2.40. The van der Waals surface area contributed by atoms with Gasteiger partial charge in [-0.25, -0.2) is 0 Å². The number of hydrogen-bond acceptors (Lipinski definition) is 3. The van der Waals surface area contributed by atoms with Gasteiger partial charge in [0.2, 0.25) is 0 Å². The van der Waals surface area contributed by atoms with Crippen molar-refractivity contribution >= 4 is 17.5 Å². The molecule has 1 fully saturated rings. The fourth-order valence-electron chi connectivity index (χ4n) is 4.09. The molecule has 0 aromatic heterocycles. The van der Waals surface area contributed by atoms with Gasteiger partial charge in [0, 0.05) is 24.2 Å². The van der Waals surface area contributed by atoms with Gasteiger partial charge in [-0.3, -0.25) is 4.79 Å². The maximum Gasteiger partial charge on any atom is 0.254 e. The van der Waals surface area contributed by atoms with E-state index in [2.05, 4.69) is 19.1 Å². The van der Waals surface area contributed by atoms with Crippen LogP contribution in [0.4, 0.5) is 0 Å². The SMILES string of the molecule is Cc1ccc2c(c1)CN(C1CCC(Oc3ccc(C#N)c(Cl)c3)CC1)C2=O. The maximum atomic E-state index is 12.7. The minimum absolute atomic E-state index is 0.118. The number of carbonyl (C=O) groups is 1. The second kappa shape index (κ2) is 7.25. The quantitative estimate of drug-likeness (QED) is 0.763. The average Bonchev–Trinajstić information content (AvgIpc) is 2.98. The van der Waals surface area contributed by atoms with Crippen LogP contribution in [0, 0.1) is 18.3 Å². The fraction of sp³-hybridized carbons (Fsp3) is 0.364. The minimum atomic E-state index is 0.118. The molecule has 0 atom stereocenters. The van der Waals surface area contributed by atoms with Crippen molar-refractivity contribution in [2.45, 2.75) is 51.3 Å². The summed E-state index contributed by atoms with van der Waals surface area (Å²) in [7, 11) is 0. The number of benzene rings is 2. The topological polar surface area (TPSA) is 53.3 Å². The van der Waals surface area contributed by atoms with E-state index in [1.54, 1.807) is 18.2 Å². The van der Waals surface area contributed by atoms with E-state index >= 15 is 0 Å². The molecular weight excluding hydrogens is 360 g/mol. The van der Waals surface area contributed by atoms with E-state index in [4.69, 9.17) is 21.6 Å². The molecule has 1 saturated carbocycles. The smallest absolute Gasteiger partial charge is 0.254 e. The highest BCUT2D eigenvalue weighted by molar-refractivity contribution is 6.31. The number of aryl methyl sites for hydroxylation is 1. The standard InChI is InChI=1S/C22H21ClN2O2/c1-14-2-9-20-16(10-14)13-25(22(20)26)17-4-7-18(8-5-17)27-19-6-3-15(12-24)21(23)11-19/h2-3,6,9-11,17-18H,4-5,7-8,13H2,1H3. The van der Waals surface area contributed by atoms with E-state index in [1.807, 2.05) is 17.0 Å². The molecular formula is C22H21ClN2O2. The van der Waals surface area contributed by atoms with Crippen molar-refractivity contribution in [2.24, 2.45) is 0 Å². The van der Waals surface area contributed by atoms with E-state index in [0.29, 0.717) is 16.3 Å². The summed E-state index contributed by atoms with van der Waals surface area (Å²) in [6, 6.07) is 13.6. The highest BCUT2D eigenvalue weighted by Gasteiger charge is 2.35. The van der Waals surface area contributed by atoms with Crippen LogP contribution in [-0.2, 0) is 6.54 Å². The number of nitriles is 1. The second-order valence-electron chi connectivity index (χ2n) is 7.40. The Labute approximate surface area is 164 Å². The first-order chi connectivity index (χ1) is 13.0. The van der Waals surface area contributed by atoms with Gasteiger partial charge in [0.25, 0.3) is 5.91 Å². The molecule has 4 rings (SSSR count). The Balaban J connectivity index is 1.36. The number of nitrogens with zero attached hydrogens (tertiary/aromatic N) is 2. The van der Waals surface area contributed by atoms with E-state index in [0.717, 1.165) is 43.4 Å². The van der Waals surface area contributed by atoms with Crippen LogP contribution in [0.1, 0.15) is 52.7 Å². The van der Waals surface area contributed by atoms with Crippen LogP contribution in [0.15, 0.2) is 36.4 Å². The van der Waals surface area contributed by atoms with Crippen molar-refractivity contribution in [3.63, 3.8) is 0 Å². The van der Waals surface area contributed by atoms with Crippen LogP contribution in [-0.4, -0.2) is 23.0 Å². The van der Waals surface area contributed by atoms with Gasteiger partial charge < -0.3 is 9.64 Å². The van der Waals surface area contributed by atoms with Crippen LogP contribution < -0.4 is 4.74 Å². The van der Waals surface area contributed by atoms with Crippen LogP contribution in [0.5, 0.6) is 5.75 Å². The summed E-state index contributed by atoms with van der Waals surface area (Å²) in [5.74, 6) is 0.857. The van der Waals surface area contributed by atoms with E-state index in [-0.39, 0.29) is 18.1 Å². The molecule has 0 spiro atoms. The summed E-state index contributed by atoms with van der Waals surface area (Å²) in [5.41, 5.74) is 3.65. The summed E-state index contributed by atoms with van der Waals surface area (Å²) >= 11 is 6.08. The summed E-state index contributed by atoms with van der Waals surface area (Å²) < 4.78 is 6.05. The molecule has 1 heterocycles. The van der Waals surface area contributed by atoms with Crippen LogP contribution in [0.3, 0.4) is 0 Å². The van der Waals surface area contributed by atoms with Crippen molar-refractivity contribution in [1.82, 2.24) is 4.90 Å². The molecule has 0 unspecified atom stereocenters. The molecule has 2 aromatic rings. The van der Waals surface area contributed by atoms with Crippen LogP contribution >= 0.6 is 11.6 Å². The number of hydrogen-bond donors (Lipinski definition) is 0. The zero-order valence-corrected chi connectivity index (χ0v) is 16.0. The molecule has 2 aromatic carbocycles. The van der Waals surface area contributed by atoms with Gasteiger partial charge in [-0.05, 0) is 56.4 Å². The van der Waals surface area contributed by atoms with Gasteiger partial charge in [0.15, 0.2) is 0 Å². The zero-order chi connectivity index (χ0) is 19.0. The number of amides is 1. The number of rotatable bonds is 3. The largest absolute Gasteiger partial charge is 0.490 e. The number of halogens is 1. The number of fused-ring (bicyclic) bond motifs is 1. The molecule has 5 heteroatoms. The van der Waals surface area contributed by atoms with E-state index in [9.17, 15) is 4.79 Å². The van der Waals surface area contributed by atoms with Gasteiger partial charge in [-0.2, -0.15) is 5.26 Å². The lowest BCUT2D eigenvalue weighted by Gasteiger charge is -2.34. The third-order valence-electron chi connectivity index (χ3n) is 5.54. The van der Waals surface area contributed by atoms with Crippen LogP contribution in [0.25, 0.3) is 0 Å². The molecule has 27 heavy (non-hydrogen) atoms. The zero-order valence-electron chi connectivity index (χ0n) is 15.2. The molecule has 0 bridgehead atoms. The highest BCUT2D eigenvalue weighted by atomic mass is 35.5. The summed E-state index contributed by atoms with van der Waals surface area (Å²) in [4.78, 5) is 14.8. The average molecular weight is 381 g/mol. The van der Waals surface area contributed by atoms with Crippen molar-refractivity contribution in [3.8, 4) is 11.8 Å². The molecule has 1 amide bonds. The first-order valence-electron chi connectivity index (χ1n) is 9.32. The van der Waals surface area contributed by atoms with Crippen LogP contribution in [0.2, 0.25) is 5.02 Å². The molecule has 2 aliphatic rings. The third-order valence-corrected chi connectivity index (χ3v) is 5.85. The number of carbonyl (C=O) groups excluding carboxylic acids is 1. The highest BCUT2D eigenvalue weighted by Crippen LogP contribution is 2.33. The van der Waals surface area contributed by atoms with Crippen molar-refractivity contribution in [2.75, 3.05) is 0 Å². The van der Waals surface area contributed by atoms with Gasteiger partial charge in [-0.15, -0.1) is 0 Å². The first kappa shape index (κ1) is 17.9. The monoisotopic (exact) mass is 380 g/mol. The Hall–Kier alpha value is -2.51. The molecule has 0 radical (unpaired) electrons. The van der Waals surface area contributed by atoms with Gasteiger partial charge in [0.05, 0.1) is 16.7 Å². The molecule has 138 valence electrons. The third kappa shape index (κ3) is 3.52. The molecule has 0 N–H and O–H groups in total. The van der Waals surface area contributed by atoms with Gasteiger partial charge in [0.1, 0.15) is 11.8 Å². The Kier molecular flexibility index (Phi) is 4.80. The molecule has 1 aliphatic heterocycles. The maximum absolute atomic E-state index is 12.7. The Morgan fingerprint density at radius 1 is 1.15 bits per heavy atom. The van der Waals surface area contributed by atoms with E-state index < -0.39 is 0 Å². The predicted molar refractivity (Wildman–Crippen MR) is 104 cm³/mol. The Morgan fingerprint density at radius 2 is 1.93 bits per heavy atom. The molecule has 0 saturated heterocycles. The van der Waals surface area contributed by atoms with Gasteiger partial charge in [-0.1, -0.05) is 29.3 Å². The number of ether oxygens (including phenoxy) is 1. The van der Waals surface area contributed by atoms with Crippen molar-refractivity contribution < 1.29 is 9.53 Å². The second-order valence-corrected chi connectivity index (χ2v) is 7.80. The van der Waals surface area contributed by atoms with Gasteiger partial charge >= 0.3 is 0 Å². The Bertz CT molecular complexity index is 926. The minimum Gasteiger partial charge on any atom is -0.490 e. The lowest BCUT2D eigenvalue weighted by molar-refractivity contribution is 0.0561. The lowest BCUT2D eigenvalue weighted by atomic mass is 9.92. The van der Waals surface area contributed by atoms with Crippen molar-refractivity contribution in [3.05, 3.63) is 63.7 Å². The predicted octanol–water partition coefficient (Wildman–Crippen LogP) is 4.87. The Morgan fingerprint density at radius 3 is 2.63 bits per heavy atom. The first-order valence-corrected chi connectivity index (χ1v) is 9.70. The normalized spacial score (nSPS) is 21.7. The van der Waals surface area contributed by atoms with E-state index in [1.165, 1.54) is 5.56 Å². The molecule has 1 aliphatic carbocycles. The fourth-order valence-corrected chi connectivity index (χ4v) is 4.31. The summed E-state index contributed by atoms with van der Waals surface area (Å²) in [6.07, 6.45) is 3.80.